The second kappa shape index (κ2) is 11.0. The van der Waals surface area contributed by atoms with E-state index in [-0.39, 0.29) is 30.9 Å². The highest BCUT2D eigenvalue weighted by Crippen LogP contribution is 2.29. The van der Waals surface area contributed by atoms with Crippen molar-refractivity contribution in [1.82, 2.24) is 19.1 Å². The Bertz CT molecular complexity index is 1500. The number of fused-ring (bicyclic) bond motifs is 2. The van der Waals surface area contributed by atoms with Crippen LogP contribution in [0.3, 0.4) is 0 Å². The van der Waals surface area contributed by atoms with Gasteiger partial charge < -0.3 is 19.1 Å². The van der Waals surface area contributed by atoms with Crippen LogP contribution in [0.15, 0.2) is 57.2 Å². The molecule has 0 saturated carbocycles. The standard InChI is InChI=1S/C25H28N4O6S/c1-4-19(23(32)34-5-2)36-25-26-21-20(22(31)27-24(33)28(21)3)29(25)13-16(30)14-35-18-12-8-10-15-9-6-7-11-17(15)18/h6-12,16,19,30H,4-5,13-14H2,1-3H3,(H,27,31,33). The minimum atomic E-state index is -1.01. The van der Waals surface area contributed by atoms with Gasteiger partial charge in [0.2, 0.25) is 0 Å². The number of rotatable bonds is 10. The molecule has 2 aromatic carbocycles. The smallest absolute Gasteiger partial charge is 0.329 e. The highest BCUT2D eigenvalue weighted by atomic mass is 32.2. The molecule has 36 heavy (non-hydrogen) atoms. The number of esters is 1. The number of ether oxygens (including phenoxy) is 2. The zero-order valence-electron chi connectivity index (χ0n) is 20.3. The van der Waals surface area contributed by atoms with Crippen LogP contribution < -0.4 is 16.0 Å². The Labute approximate surface area is 210 Å². The normalized spacial score (nSPS) is 13.1. The van der Waals surface area contributed by atoms with Gasteiger partial charge in [-0.1, -0.05) is 55.1 Å². The van der Waals surface area contributed by atoms with Gasteiger partial charge >= 0.3 is 11.7 Å². The average Bonchev–Trinajstić information content (AvgIpc) is 3.22. The Kier molecular flexibility index (Phi) is 7.80. The summed E-state index contributed by atoms with van der Waals surface area (Å²) < 4.78 is 13.8. The van der Waals surface area contributed by atoms with Crippen LogP contribution in [0.25, 0.3) is 21.9 Å². The topological polar surface area (TPSA) is 128 Å². The van der Waals surface area contributed by atoms with Crippen LogP contribution in [0.1, 0.15) is 20.3 Å². The zero-order chi connectivity index (χ0) is 25.8. The molecule has 0 amide bonds. The van der Waals surface area contributed by atoms with E-state index < -0.39 is 28.6 Å². The van der Waals surface area contributed by atoms with Gasteiger partial charge in [-0.2, -0.15) is 0 Å². The second-order valence-electron chi connectivity index (χ2n) is 8.20. The highest BCUT2D eigenvalue weighted by molar-refractivity contribution is 8.00. The largest absolute Gasteiger partial charge is 0.490 e. The summed E-state index contributed by atoms with van der Waals surface area (Å²) in [6, 6.07) is 13.5. The molecule has 0 bridgehead atoms. The first kappa shape index (κ1) is 25.5. The number of hydrogen-bond donors (Lipinski definition) is 2. The first-order chi connectivity index (χ1) is 17.3. The Morgan fingerprint density at radius 3 is 2.67 bits per heavy atom. The van der Waals surface area contributed by atoms with Crippen molar-refractivity contribution in [3.05, 3.63) is 63.3 Å². The lowest BCUT2D eigenvalue weighted by Gasteiger charge is -2.17. The number of nitrogens with one attached hydrogen (secondary N) is 1. The van der Waals surface area contributed by atoms with Gasteiger partial charge in [-0.15, -0.1) is 0 Å². The van der Waals surface area contributed by atoms with E-state index in [0.29, 0.717) is 17.3 Å². The summed E-state index contributed by atoms with van der Waals surface area (Å²) in [5.41, 5.74) is -0.945. The van der Waals surface area contributed by atoms with E-state index in [4.69, 9.17) is 9.47 Å². The van der Waals surface area contributed by atoms with E-state index in [1.165, 1.54) is 16.2 Å². The van der Waals surface area contributed by atoms with Crippen molar-refractivity contribution in [3.8, 4) is 5.75 Å². The predicted octanol–water partition coefficient (Wildman–Crippen LogP) is 2.45. The summed E-state index contributed by atoms with van der Waals surface area (Å²) in [7, 11) is 1.50. The van der Waals surface area contributed by atoms with Crippen molar-refractivity contribution in [2.45, 2.75) is 43.3 Å². The van der Waals surface area contributed by atoms with E-state index in [9.17, 15) is 19.5 Å². The molecule has 4 rings (SSSR count). The predicted molar refractivity (Wildman–Crippen MR) is 138 cm³/mol. The molecule has 2 unspecified atom stereocenters. The number of aliphatic hydroxyl groups is 1. The number of aromatic amines is 1. The Morgan fingerprint density at radius 1 is 1.17 bits per heavy atom. The number of aromatic nitrogens is 4. The maximum atomic E-state index is 12.7. The Morgan fingerprint density at radius 2 is 1.92 bits per heavy atom. The van der Waals surface area contributed by atoms with Gasteiger partial charge in [0.15, 0.2) is 16.3 Å². The monoisotopic (exact) mass is 512 g/mol. The molecule has 0 aliphatic carbocycles. The van der Waals surface area contributed by atoms with E-state index in [2.05, 4.69) is 9.97 Å². The lowest BCUT2D eigenvalue weighted by molar-refractivity contribution is -0.142. The third-order valence-electron chi connectivity index (χ3n) is 5.71. The lowest BCUT2D eigenvalue weighted by Crippen LogP contribution is -2.31. The van der Waals surface area contributed by atoms with E-state index in [1.807, 2.05) is 49.4 Å². The van der Waals surface area contributed by atoms with Gasteiger partial charge in [0.25, 0.3) is 5.56 Å². The number of aliphatic hydroxyl groups excluding tert-OH is 1. The molecule has 11 heteroatoms. The molecule has 0 aliphatic heterocycles. The van der Waals surface area contributed by atoms with Gasteiger partial charge in [0.05, 0.1) is 13.2 Å². The molecule has 2 aromatic heterocycles. The Hall–Kier alpha value is -3.57. The second-order valence-corrected chi connectivity index (χ2v) is 9.37. The maximum Gasteiger partial charge on any atom is 0.329 e. The summed E-state index contributed by atoms with van der Waals surface area (Å²) in [5.74, 6) is 0.233. The van der Waals surface area contributed by atoms with Gasteiger partial charge in [-0.3, -0.25) is 19.1 Å². The molecule has 190 valence electrons. The molecule has 0 aliphatic rings. The van der Waals surface area contributed by atoms with Crippen LogP contribution in [0.2, 0.25) is 0 Å². The van der Waals surface area contributed by atoms with Gasteiger partial charge in [-0.25, -0.2) is 9.78 Å². The molecule has 0 spiro atoms. The maximum absolute atomic E-state index is 12.7. The van der Waals surface area contributed by atoms with Crippen LogP contribution in [0.4, 0.5) is 0 Å². The molecular weight excluding hydrogens is 484 g/mol. The zero-order valence-corrected chi connectivity index (χ0v) is 21.1. The molecule has 2 atom stereocenters. The fourth-order valence-electron chi connectivity index (χ4n) is 3.91. The molecule has 0 fully saturated rings. The molecule has 0 saturated heterocycles. The number of H-pyrrole nitrogens is 1. The van der Waals surface area contributed by atoms with Crippen molar-refractivity contribution >= 4 is 39.7 Å². The summed E-state index contributed by atoms with van der Waals surface area (Å²) in [4.78, 5) is 44.1. The fourth-order valence-corrected chi connectivity index (χ4v) is 4.92. The van der Waals surface area contributed by atoms with Gasteiger partial charge in [0, 0.05) is 12.4 Å². The number of thioether (sulfide) groups is 1. The third-order valence-corrected chi connectivity index (χ3v) is 7.05. The van der Waals surface area contributed by atoms with Crippen molar-refractivity contribution in [2.24, 2.45) is 7.05 Å². The molecule has 4 aromatic rings. The number of nitrogens with zero attached hydrogens (tertiary/aromatic N) is 3. The van der Waals surface area contributed by atoms with Crippen LogP contribution in [0, 0.1) is 0 Å². The molecule has 2 heterocycles. The van der Waals surface area contributed by atoms with Crippen LogP contribution in [-0.2, 0) is 23.1 Å². The third kappa shape index (κ3) is 5.17. The number of benzene rings is 2. The Balaban J connectivity index is 1.65. The van der Waals surface area contributed by atoms with Crippen molar-refractivity contribution in [3.63, 3.8) is 0 Å². The van der Waals surface area contributed by atoms with Crippen molar-refractivity contribution in [2.75, 3.05) is 13.2 Å². The van der Waals surface area contributed by atoms with E-state index in [1.54, 1.807) is 6.92 Å². The fraction of sp³-hybridized carbons (Fsp3) is 0.360. The van der Waals surface area contributed by atoms with Gasteiger partial charge in [-0.05, 0) is 24.8 Å². The molecule has 2 N–H and O–H groups in total. The molecule has 0 radical (unpaired) electrons. The number of imidazole rings is 1. The minimum Gasteiger partial charge on any atom is -0.490 e. The summed E-state index contributed by atoms with van der Waals surface area (Å²) >= 11 is 1.13. The first-order valence-corrected chi connectivity index (χ1v) is 12.5. The lowest BCUT2D eigenvalue weighted by atomic mass is 10.1. The first-order valence-electron chi connectivity index (χ1n) is 11.7. The summed E-state index contributed by atoms with van der Waals surface area (Å²) in [6.45, 7) is 3.73. The summed E-state index contributed by atoms with van der Waals surface area (Å²) in [5, 5.41) is 12.6. The number of carbonyl (C=O) groups is 1. The average molecular weight is 513 g/mol. The van der Waals surface area contributed by atoms with Crippen LogP contribution in [-0.4, -0.2) is 54.7 Å². The molecular formula is C25H28N4O6S. The van der Waals surface area contributed by atoms with Crippen molar-refractivity contribution in [1.29, 1.82) is 0 Å². The van der Waals surface area contributed by atoms with Crippen LogP contribution in [0.5, 0.6) is 5.75 Å². The SMILES string of the molecule is CCOC(=O)C(CC)Sc1nc2c(c(=O)[nH]c(=O)n2C)n1CC(O)COc1cccc2ccccc12. The highest BCUT2D eigenvalue weighted by Gasteiger charge is 2.26. The number of aryl methyl sites for hydroxylation is 1. The van der Waals surface area contributed by atoms with E-state index in [0.717, 1.165) is 22.5 Å². The van der Waals surface area contributed by atoms with Crippen LogP contribution >= 0.6 is 11.8 Å². The molecule has 10 nitrogen and oxygen atoms in total. The number of carbonyl (C=O) groups excluding carboxylic acids is 1. The minimum absolute atomic E-state index is 0.0376. The van der Waals surface area contributed by atoms with E-state index >= 15 is 0 Å². The number of hydrogen-bond acceptors (Lipinski definition) is 8. The summed E-state index contributed by atoms with van der Waals surface area (Å²) in [6.07, 6.45) is -0.547. The van der Waals surface area contributed by atoms with Gasteiger partial charge in [0.1, 0.15) is 23.7 Å². The quantitative estimate of drug-likeness (QED) is 0.245. The van der Waals surface area contributed by atoms with Crippen molar-refractivity contribution < 1.29 is 19.4 Å².